The van der Waals surface area contributed by atoms with E-state index < -0.39 is 0 Å². The molecule has 0 aliphatic carbocycles. The first kappa shape index (κ1) is 37.3. The van der Waals surface area contributed by atoms with Crippen LogP contribution < -0.4 is 0 Å². The summed E-state index contributed by atoms with van der Waals surface area (Å²) in [6.45, 7) is 24.7. The number of aliphatic hydroxyl groups is 1. The predicted molar refractivity (Wildman–Crippen MR) is 183 cm³/mol. The number of aromatic nitrogens is 2. The molecule has 1 aromatic heterocycles. The number of hydrogen-bond acceptors (Lipinski definition) is 4. The van der Waals surface area contributed by atoms with Crippen molar-refractivity contribution in [3.05, 3.63) is 82.9 Å². The van der Waals surface area contributed by atoms with Gasteiger partial charge >= 0.3 is 0 Å². The number of fused-ring (bicyclic) bond motifs is 3. The molecule has 0 saturated heterocycles. The van der Waals surface area contributed by atoms with Gasteiger partial charge in [-0.1, -0.05) is 113 Å². The van der Waals surface area contributed by atoms with Crippen molar-refractivity contribution in [2.75, 3.05) is 0 Å². The van der Waals surface area contributed by atoms with Gasteiger partial charge in [0.15, 0.2) is 5.78 Å². The van der Waals surface area contributed by atoms with E-state index in [4.69, 9.17) is 9.97 Å². The van der Waals surface area contributed by atoms with Gasteiger partial charge in [-0.15, -0.1) is 34.9 Å². The van der Waals surface area contributed by atoms with E-state index >= 15 is 0 Å². The summed E-state index contributed by atoms with van der Waals surface area (Å²) in [5.41, 5.74) is 6.12. The summed E-state index contributed by atoms with van der Waals surface area (Å²) in [5, 5.41) is 13.4. The van der Waals surface area contributed by atoms with E-state index in [1.54, 1.807) is 0 Å². The van der Waals surface area contributed by atoms with Gasteiger partial charge < -0.3 is 5.11 Å². The number of rotatable bonds is 8. The number of nitrogens with zero attached hydrogens (tertiary/aromatic N) is 2. The summed E-state index contributed by atoms with van der Waals surface area (Å²) >= 11 is 0. The number of ketones is 1. The van der Waals surface area contributed by atoms with Crippen LogP contribution in [-0.2, 0) is 24.9 Å². The molecule has 44 heavy (non-hydrogen) atoms. The van der Waals surface area contributed by atoms with E-state index in [1.165, 1.54) is 28.0 Å². The van der Waals surface area contributed by atoms with Crippen molar-refractivity contribution in [3.8, 4) is 11.3 Å². The third-order valence-corrected chi connectivity index (χ3v) is 8.70. The number of aliphatic hydroxyl groups excluding tert-OH is 1. The fourth-order valence-corrected chi connectivity index (χ4v) is 4.85. The van der Waals surface area contributed by atoms with Crippen molar-refractivity contribution in [2.24, 2.45) is 10.8 Å². The monoisotopic (exact) mass is 772 g/mol. The van der Waals surface area contributed by atoms with Gasteiger partial charge in [0, 0.05) is 48.3 Å². The van der Waals surface area contributed by atoms with E-state index in [0.717, 1.165) is 46.4 Å². The topological polar surface area (TPSA) is 63.1 Å². The van der Waals surface area contributed by atoms with Crippen LogP contribution in [0.1, 0.15) is 116 Å². The Morgan fingerprint density at radius 2 is 1.55 bits per heavy atom. The summed E-state index contributed by atoms with van der Waals surface area (Å²) in [7, 11) is 0. The third kappa shape index (κ3) is 8.43. The maximum absolute atomic E-state index is 11.8. The average molecular weight is 772 g/mol. The molecule has 0 atom stereocenters. The molecular formula is C39H51IrN2O2-. The Kier molecular flexibility index (Phi) is 12.7. The maximum atomic E-state index is 11.8. The molecule has 0 amide bonds. The molecule has 0 bridgehead atoms. The van der Waals surface area contributed by atoms with Crippen molar-refractivity contribution in [3.63, 3.8) is 0 Å². The molecule has 239 valence electrons. The van der Waals surface area contributed by atoms with E-state index in [1.807, 2.05) is 41.5 Å². The summed E-state index contributed by atoms with van der Waals surface area (Å²) in [5.74, 6) is 1.78. The average Bonchev–Trinajstić information content (AvgIpc) is 2.95. The van der Waals surface area contributed by atoms with Crippen LogP contribution in [0.4, 0.5) is 0 Å². The zero-order valence-corrected chi connectivity index (χ0v) is 31.2. The van der Waals surface area contributed by atoms with Crippen molar-refractivity contribution >= 4 is 27.5 Å². The molecule has 3 aromatic carbocycles. The minimum Gasteiger partial charge on any atom is -0.512 e. The van der Waals surface area contributed by atoms with Gasteiger partial charge in [-0.2, -0.15) is 0 Å². The minimum atomic E-state index is -0.377. The first-order valence-corrected chi connectivity index (χ1v) is 15.7. The predicted octanol–water partition coefficient (Wildman–Crippen LogP) is 11.0. The van der Waals surface area contributed by atoms with Gasteiger partial charge in [0.05, 0.1) is 5.52 Å². The molecule has 0 aliphatic rings. The Bertz CT molecular complexity index is 1630. The molecular weight excluding hydrogens is 721 g/mol. The summed E-state index contributed by atoms with van der Waals surface area (Å²) < 4.78 is 0. The molecule has 4 aromatic rings. The molecule has 1 heterocycles. The number of aryl methyl sites for hydroxylation is 2. The van der Waals surface area contributed by atoms with E-state index in [0.29, 0.717) is 5.92 Å². The van der Waals surface area contributed by atoms with Gasteiger partial charge in [0.2, 0.25) is 0 Å². The molecule has 0 aliphatic heterocycles. The van der Waals surface area contributed by atoms with Crippen molar-refractivity contribution in [1.29, 1.82) is 0 Å². The van der Waals surface area contributed by atoms with Gasteiger partial charge in [-0.3, -0.25) is 9.78 Å². The Hall–Kier alpha value is -2.88. The van der Waals surface area contributed by atoms with Crippen LogP contribution in [0.2, 0.25) is 0 Å². The Labute approximate surface area is 279 Å². The molecule has 0 unspecified atom stereocenters. The van der Waals surface area contributed by atoms with E-state index in [-0.39, 0.29) is 48.4 Å². The van der Waals surface area contributed by atoms with E-state index in [2.05, 4.69) is 90.1 Å². The number of hydrogen-bond donors (Lipinski definition) is 1. The molecule has 0 fully saturated rings. The molecule has 1 radical (unpaired) electrons. The first-order chi connectivity index (χ1) is 20.0. The zero-order chi connectivity index (χ0) is 32.3. The number of allylic oxidation sites excluding steroid dienone is 2. The molecule has 0 saturated carbocycles. The van der Waals surface area contributed by atoms with Crippen LogP contribution in [-0.4, -0.2) is 20.9 Å². The van der Waals surface area contributed by atoms with Gasteiger partial charge in [0.1, 0.15) is 11.6 Å². The van der Waals surface area contributed by atoms with Crippen molar-refractivity contribution in [1.82, 2.24) is 9.97 Å². The minimum absolute atomic E-state index is 0. The molecule has 0 spiro atoms. The quantitative estimate of drug-likeness (QED) is 0.0839. The second-order valence-corrected chi connectivity index (χ2v) is 13.8. The first-order valence-electron chi connectivity index (χ1n) is 15.7. The second-order valence-electron chi connectivity index (χ2n) is 13.8. The fourth-order valence-electron chi connectivity index (χ4n) is 4.85. The fraction of sp³-hybridized carbons (Fsp3) is 0.462. The van der Waals surface area contributed by atoms with Crippen LogP contribution in [0, 0.1) is 30.7 Å². The largest absolute Gasteiger partial charge is 0.512 e. The van der Waals surface area contributed by atoms with Crippen LogP contribution in [0.15, 0.2) is 54.3 Å². The third-order valence-electron chi connectivity index (χ3n) is 8.70. The normalized spacial score (nSPS) is 12.4. The van der Waals surface area contributed by atoms with Crippen LogP contribution >= 0.6 is 0 Å². The van der Waals surface area contributed by atoms with Gasteiger partial charge in [-0.05, 0) is 40.8 Å². The maximum Gasteiger partial charge on any atom is 0.164 e. The van der Waals surface area contributed by atoms with Crippen LogP contribution in [0.5, 0.6) is 0 Å². The number of benzene rings is 3. The van der Waals surface area contributed by atoms with Crippen molar-refractivity contribution < 1.29 is 30.0 Å². The number of carbonyl (C=O) groups is 1. The standard InChI is InChI=1S/C26H27N2.C13H24O2.Ir/c1-15(2)21-9-7-8-19-10-11-22-24(20-13-17(5)12-18(6)14-20)27-26(16(3)4)28-25(22)23(19)21;1-7-12(3,4)10(14)9-11(15)13(5,6)8-2;/h7-13,15-16H,1-6H3;9,14H,7-8H2,1-6H3;/q-1;;/b;10-9-;. The smallest absolute Gasteiger partial charge is 0.164 e. The van der Waals surface area contributed by atoms with E-state index in [9.17, 15) is 9.90 Å². The second kappa shape index (κ2) is 14.9. The Morgan fingerprint density at radius 3 is 2.09 bits per heavy atom. The van der Waals surface area contributed by atoms with Gasteiger partial charge in [-0.25, -0.2) is 4.98 Å². The zero-order valence-electron chi connectivity index (χ0n) is 28.8. The number of carbonyl (C=O) groups excluding carboxylic acids is 1. The van der Waals surface area contributed by atoms with Crippen LogP contribution in [0.25, 0.3) is 32.9 Å². The SMILES string of the molecule is CCC(C)(C)C(=O)/C=C(\O)C(C)(C)CC.Cc1[c-]c(-c2nc(C(C)C)nc3c2ccc2cccc(C(C)C)c23)cc(C)c1.[Ir]. The summed E-state index contributed by atoms with van der Waals surface area (Å²) in [4.78, 5) is 21.9. The summed E-state index contributed by atoms with van der Waals surface area (Å²) in [6.07, 6.45) is 2.99. The van der Waals surface area contributed by atoms with Crippen LogP contribution in [0.3, 0.4) is 0 Å². The Balaban J connectivity index is 0.000000363. The molecule has 4 nitrogen and oxygen atoms in total. The van der Waals surface area contributed by atoms with Crippen molar-refractivity contribution in [2.45, 2.75) is 108 Å². The molecule has 1 N–H and O–H groups in total. The van der Waals surface area contributed by atoms with Gasteiger partial charge in [0.25, 0.3) is 0 Å². The molecule has 5 heteroatoms. The summed E-state index contributed by atoms with van der Waals surface area (Å²) in [6, 6.07) is 18.8. The molecule has 4 rings (SSSR count). The Morgan fingerprint density at radius 1 is 0.909 bits per heavy atom.